The van der Waals surface area contributed by atoms with Gasteiger partial charge in [-0.25, -0.2) is 8.42 Å². The second-order valence-electron chi connectivity index (χ2n) is 7.32. The molecule has 2 unspecified atom stereocenters. The first kappa shape index (κ1) is 22.5. The first-order valence-electron chi connectivity index (χ1n) is 9.56. The molecule has 1 aliphatic heterocycles. The van der Waals surface area contributed by atoms with E-state index >= 15 is 0 Å². The third-order valence-corrected chi connectivity index (χ3v) is 6.62. The molecule has 1 amide bonds. The van der Waals surface area contributed by atoms with Crippen molar-refractivity contribution in [2.75, 3.05) is 18.4 Å². The molecule has 31 heavy (non-hydrogen) atoms. The number of carbonyl (C=O) groups is 1. The lowest BCUT2D eigenvalue weighted by molar-refractivity contribution is -0.385. The van der Waals surface area contributed by atoms with Gasteiger partial charge in [-0.2, -0.15) is 0 Å². The number of ether oxygens (including phenoxy) is 1. The van der Waals surface area contributed by atoms with Crippen LogP contribution in [0.1, 0.15) is 30.1 Å². The molecule has 2 atom stereocenters. The largest absolute Gasteiger partial charge is 0.507 e. The molecule has 2 N–H and O–H groups in total. The van der Waals surface area contributed by atoms with Gasteiger partial charge in [0.1, 0.15) is 5.75 Å². The maximum atomic E-state index is 12.9. The number of carbonyl (C=O) groups excluding carboxylic acids is 1. The van der Waals surface area contributed by atoms with Crippen molar-refractivity contribution in [1.29, 1.82) is 0 Å². The third-order valence-electron chi connectivity index (χ3n) is 5.24. The molecule has 0 radical (unpaired) electrons. The number of amides is 1. The fraction of sp³-hybridized carbons (Fsp3) is 0.350. The molecular formula is C20H23N3O7S. The Hall–Kier alpha value is -3.18. The topological polar surface area (TPSA) is 139 Å². The molecule has 10 nitrogen and oxygen atoms in total. The van der Waals surface area contributed by atoms with Crippen molar-refractivity contribution in [3.63, 3.8) is 0 Å². The number of hydrogen-bond acceptors (Lipinski definition) is 7. The summed E-state index contributed by atoms with van der Waals surface area (Å²) in [5.41, 5.74) is -0.286. The molecule has 2 aromatic rings. The molecule has 0 saturated carbocycles. The van der Waals surface area contributed by atoms with Gasteiger partial charge in [0.05, 0.1) is 27.2 Å². The van der Waals surface area contributed by atoms with Crippen LogP contribution < -0.4 is 4.72 Å². The zero-order valence-corrected chi connectivity index (χ0v) is 17.8. The van der Waals surface area contributed by atoms with Gasteiger partial charge in [0.25, 0.3) is 21.6 Å². The van der Waals surface area contributed by atoms with Gasteiger partial charge < -0.3 is 14.7 Å². The maximum absolute atomic E-state index is 12.9. The number of likely N-dealkylation sites (tertiary alicyclic amines) is 1. The minimum Gasteiger partial charge on any atom is -0.507 e. The number of phenolic OH excluding ortho intramolecular Hbond substituents is 1. The zero-order chi connectivity index (χ0) is 22.8. The summed E-state index contributed by atoms with van der Waals surface area (Å²) < 4.78 is 32.7. The minimum atomic E-state index is -4.13. The number of rotatable bonds is 6. The van der Waals surface area contributed by atoms with Crippen LogP contribution in [0, 0.1) is 10.1 Å². The van der Waals surface area contributed by atoms with Crippen molar-refractivity contribution in [1.82, 2.24) is 4.90 Å². The number of nitrogens with one attached hydrogen (secondary N) is 1. The number of nitro groups is 1. The standard InChI is InChI=1S/C20H23N3O7S/c1-13-10-16(30-2)8-9-22(13)20(25)18-7-6-14(11-19(18)24)21-31(28,29)17-5-3-4-15(12-17)23(26)27/h3-7,11-13,16,21,24H,8-10H2,1-2H3. The highest BCUT2D eigenvalue weighted by atomic mass is 32.2. The predicted molar refractivity (Wildman–Crippen MR) is 113 cm³/mol. The summed E-state index contributed by atoms with van der Waals surface area (Å²) in [5.74, 6) is -0.724. The molecule has 1 saturated heterocycles. The number of sulfonamides is 1. The van der Waals surface area contributed by atoms with E-state index in [4.69, 9.17) is 4.74 Å². The average Bonchev–Trinajstić information content (AvgIpc) is 2.73. The quantitative estimate of drug-likeness (QED) is 0.510. The van der Waals surface area contributed by atoms with Gasteiger partial charge in [-0.05, 0) is 38.0 Å². The number of hydrogen-bond donors (Lipinski definition) is 2. The number of benzene rings is 2. The Labute approximate surface area is 179 Å². The lowest BCUT2D eigenvalue weighted by Crippen LogP contribution is -2.46. The Balaban J connectivity index is 1.78. The number of piperidine rings is 1. The van der Waals surface area contributed by atoms with E-state index in [9.17, 15) is 28.4 Å². The fourth-order valence-corrected chi connectivity index (χ4v) is 4.64. The predicted octanol–water partition coefficient (Wildman–Crippen LogP) is 2.74. The SMILES string of the molecule is COC1CCN(C(=O)c2ccc(NS(=O)(=O)c3cccc([N+](=O)[O-])c3)cc2O)C(C)C1. The van der Waals surface area contributed by atoms with Gasteiger partial charge in [0.15, 0.2) is 0 Å². The number of anilines is 1. The average molecular weight is 449 g/mol. The summed E-state index contributed by atoms with van der Waals surface area (Å²) in [6.45, 7) is 2.39. The van der Waals surface area contributed by atoms with Crippen LogP contribution in [0.5, 0.6) is 5.75 Å². The first-order chi connectivity index (χ1) is 14.6. The lowest BCUT2D eigenvalue weighted by Gasteiger charge is -2.37. The Morgan fingerprint density at radius 2 is 2.03 bits per heavy atom. The van der Waals surface area contributed by atoms with Gasteiger partial charge >= 0.3 is 0 Å². The zero-order valence-electron chi connectivity index (χ0n) is 17.0. The Bertz CT molecular complexity index is 1100. The summed E-state index contributed by atoms with van der Waals surface area (Å²) in [7, 11) is -2.50. The smallest absolute Gasteiger partial charge is 0.270 e. The van der Waals surface area contributed by atoms with Gasteiger partial charge in [0, 0.05) is 37.9 Å². The normalized spacial score (nSPS) is 19.1. The number of nitrogens with zero attached hydrogens (tertiary/aromatic N) is 2. The Kier molecular flexibility index (Phi) is 6.46. The molecular weight excluding hydrogens is 426 g/mol. The highest BCUT2D eigenvalue weighted by molar-refractivity contribution is 7.92. The molecule has 0 aliphatic carbocycles. The number of aromatic hydroxyl groups is 1. The van der Waals surface area contributed by atoms with Crippen LogP contribution in [-0.2, 0) is 14.8 Å². The molecule has 1 heterocycles. The van der Waals surface area contributed by atoms with Crippen LogP contribution in [-0.4, -0.2) is 55.1 Å². The number of nitro benzene ring substituents is 1. The second kappa shape index (κ2) is 8.90. The highest BCUT2D eigenvalue weighted by Crippen LogP contribution is 2.28. The minimum absolute atomic E-state index is 0.0201. The number of phenols is 1. The third kappa shape index (κ3) is 4.94. The molecule has 0 aromatic heterocycles. The highest BCUT2D eigenvalue weighted by Gasteiger charge is 2.30. The molecule has 3 rings (SSSR count). The van der Waals surface area contributed by atoms with E-state index < -0.39 is 14.9 Å². The van der Waals surface area contributed by atoms with Crippen LogP contribution in [0.25, 0.3) is 0 Å². The summed E-state index contributed by atoms with van der Waals surface area (Å²) in [6, 6.07) is 8.36. The number of non-ortho nitro benzene ring substituents is 1. The van der Waals surface area contributed by atoms with Crippen LogP contribution in [0.2, 0.25) is 0 Å². The fourth-order valence-electron chi connectivity index (χ4n) is 3.55. The van der Waals surface area contributed by atoms with Crippen molar-refractivity contribution in [2.24, 2.45) is 0 Å². The van der Waals surface area contributed by atoms with E-state index in [1.54, 1.807) is 12.0 Å². The summed E-state index contributed by atoms with van der Waals surface area (Å²) in [4.78, 5) is 24.4. The van der Waals surface area contributed by atoms with Gasteiger partial charge in [-0.15, -0.1) is 0 Å². The van der Waals surface area contributed by atoms with Crippen molar-refractivity contribution in [2.45, 2.75) is 36.8 Å². The van der Waals surface area contributed by atoms with Crippen LogP contribution in [0.3, 0.4) is 0 Å². The van der Waals surface area contributed by atoms with E-state index in [2.05, 4.69) is 4.72 Å². The maximum Gasteiger partial charge on any atom is 0.270 e. The summed E-state index contributed by atoms with van der Waals surface area (Å²) >= 11 is 0. The van der Waals surface area contributed by atoms with Crippen LogP contribution in [0.4, 0.5) is 11.4 Å². The molecule has 2 aromatic carbocycles. The van der Waals surface area contributed by atoms with Crippen molar-refractivity contribution >= 4 is 27.3 Å². The Morgan fingerprint density at radius 1 is 1.29 bits per heavy atom. The summed E-state index contributed by atoms with van der Waals surface area (Å²) in [5, 5.41) is 21.3. The summed E-state index contributed by atoms with van der Waals surface area (Å²) in [6.07, 6.45) is 1.46. The van der Waals surface area contributed by atoms with Gasteiger partial charge in [-0.3, -0.25) is 19.6 Å². The monoisotopic (exact) mass is 449 g/mol. The van der Waals surface area contributed by atoms with E-state index in [0.717, 1.165) is 12.1 Å². The lowest BCUT2D eigenvalue weighted by atomic mass is 9.99. The van der Waals surface area contributed by atoms with E-state index in [-0.39, 0.29) is 45.6 Å². The molecule has 11 heteroatoms. The van der Waals surface area contributed by atoms with E-state index in [1.807, 2.05) is 6.92 Å². The molecule has 166 valence electrons. The van der Waals surface area contributed by atoms with Crippen molar-refractivity contribution in [3.8, 4) is 5.75 Å². The van der Waals surface area contributed by atoms with Crippen molar-refractivity contribution in [3.05, 3.63) is 58.1 Å². The van der Waals surface area contributed by atoms with Crippen LogP contribution in [0.15, 0.2) is 47.4 Å². The molecule has 0 spiro atoms. The van der Waals surface area contributed by atoms with Crippen molar-refractivity contribution < 1.29 is 28.0 Å². The number of methoxy groups -OCH3 is 1. The molecule has 1 fully saturated rings. The second-order valence-corrected chi connectivity index (χ2v) is 9.00. The first-order valence-corrected chi connectivity index (χ1v) is 11.0. The van der Waals surface area contributed by atoms with Gasteiger partial charge in [-0.1, -0.05) is 6.07 Å². The van der Waals surface area contributed by atoms with E-state index in [1.165, 1.54) is 30.3 Å². The van der Waals surface area contributed by atoms with E-state index in [0.29, 0.717) is 19.4 Å². The van der Waals surface area contributed by atoms with Crippen LogP contribution >= 0.6 is 0 Å². The van der Waals surface area contributed by atoms with Gasteiger partial charge in [0.2, 0.25) is 0 Å². The Morgan fingerprint density at radius 3 is 2.65 bits per heavy atom. The molecule has 0 bridgehead atoms. The molecule has 1 aliphatic rings.